The molecule has 19 heavy (non-hydrogen) atoms. The minimum atomic E-state index is 0. The summed E-state index contributed by atoms with van der Waals surface area (Å²) in [7, 11) is 0. The molecule has 0 saturated carbocycles. The normalized spacial score (nSPS) is 15.6. The Labute approximate surface area is 129 Å². The summed E-state index contributed by atoms with van der Waals surface area (Å²) in [5.74, 6) is 0.128. The zero-order valence-electron chi connectivity index (χ0n) is 10.5. The summed E-state index contributed by atoms with van der Waals surface area (Å²) in [6.07, 6.45) is 1.34. The van der Waals surface area contributed by atoms with E-state index in [1.807, 2.05) is 11.0 Å². The molecule has 1 aliphatic rings. The molecule has 1 saturated heterocycles. The number of nitrogens with zero attached hydrogens (tertiary/aromatic N) is 1. The zero-order valence-corrected chi connectivity index (χ0v) is 12.8. The summed E-state index contributed by atoms with van der Waals surface area (Å²) in [5, 5.41) is 4.43. The van der Waals surface area contributed by atoms with Crippen LogP contribution < -0.4 is 5.32 Å². The Morgan fingerprint density at radius 2 is 2.05 bits per heavy atom. The number of amides is 1. The third-order valence-corrected chi connectivity index (χ3v) is 3.64. The SMILES string of the molecule is Cl.O=C(Cc1ccc(Cl)cc1Cl)N1CCCNCC1. The van der Waals surface area contributed by atoms with Crippen molar-refractivity contribution in [1.29, 1.82) is 0 Å². The van der Waals surface area contributed by atoms with Gasteiger partial charge in [0, 0.05) is 29.7 Å². The maximum absolute atomic E-state index is 12.2. The second-order valence-electron chi connectivity index (χ2n) is 4.40. The van der Waals surface area contributed by atoms with Gasteiger partial charge in [-0.2, -0.15) is 0 Å². The number of hydrogen-bond acceptors (Lipinski definition) is 2. The lowest BCUT2D eigenvalue weighted by Crippen LogP contribution is -2.35. The molecule has 0 aromatic heterocycles. The molecule has 1 heterocycles. The fourth-order valence-electron chi connectivity index (χ4n) is 2.03. The quantitative estimate of drug-likeness (QED) is 0.907. The Kier molecular flexibility index (Phi) is 6.94. The number of nitrogens with one attached hydrogen (secondary N) is 1. The third kappa shape index (κ3) is 4.84. The van der Waals surface area contributed by atoms with E-state index >= 15 is 0 Å². The standard InChI is InChI=1S/C13H16Cl2N2O.ClH/c14-11-3-2-10(12(15)9-11)8-13(18)17-6-1-4-16-5-7-17;/h2-3,9,16H,1,4-8H2;1H. The molecule has 1 amide bonds. The van der Waals surface area contributed by atoms with Crippen molar-refractivity contribution in [2.24, 2.45) is 0 Å². The highest BCUT2D eigenvalue weighted by Crippen LogP contribution is 2.21. The first-order chi connectivity index (χ1) is 8.66. The highest BCUT2D eigenvalue weighted by Gasteiger charge is 2.16. The molecule has 106 valence electrons. The molecule has 1 aromatic carbocycles. The van der Waals surface area contributed by atoms with Crippen molar-refractivity contribution in [1.82, 2.24) is 10.2 Å². The first-order valence-corrected chi connectivity index (χ1v) is 6.85. The summed E-state index contributed by atoms with van der Waals surface area (Å²) in [6, 6.07) is 5.26. The molecule has 0 bridgehead atoms. The summed E-state index contributed by atoms with van der Waals surface area (Å²) < 4.78 is 0. The number of rotatable bonds is 2. The second kappa shape index (κ2) is 7.95. The number of carbonyl (C=O) groups is 1. The van der Waals surface area contributed by atoms with E-state index in [9.17, 15) is 4.79 Å². The van der Waals surface area contributed by atoms with Gasteiger partial charge in [-0.15, -0.1) is 12.4 Å². The molecular weight excluding hydrogens is 307 g/mol. The van der Waals surface area contributed by atoms with Crippen molar-refractivity contribution < 1.29 is 4.79 Å². The van der Waals surface area contributed by atoms with Crippen LogP contribution in [0.1, 0.15) is 12.0 Å². The van der Waals surface area contributed by atoms with Crippen LogP contribution in [-0.2, 0) is 11.2 Å². The van der Waals surface area contributed by atoms with Gasteiger partial charge in [-0.3, -0.25) is 4.79 Å². The zero-order chi connectivity index (χ0) is 13.0. The molecule has 1 fully saturated rings. The van der Waals surface area contributed by atoms with Crippen LogP contribution in [0.3, 0.4) is 0 Å². The van der Waals surface area contributed by atoms with Crippen molar-refractivity contribution in [3.8, 4) is 0 Å². The van der Waals surface area contributed by atoms with E-state index in [1.165, 1.54) is 0 Å². The number of carbonyl (C=O) groups excluding carboxylic acids is 1. The highest BCUT2D eigenvalue weighted by atomic mass is 35.5. The lowest BCUT2D eigenvalue weighted by atomic mass is 10.1. The summed E-state index contributed by atoms with van der Waals surface area (Å²) in [5.41, 5.74) is 0.836. The molecule has 0 spiro atoms. The Morgan fingerprint density at radius 1 is 1.26 bits per heavy atom. The lowest BCUT2D eigenvalue weighted by molar-refractivity contribution is -0.130. The summed E-state index contributed by atoms with van der Waals surface area (Å²) in [6.45, 7) is 3.42. The largest absolute Gasteiger partial charge is 0.341 e. The van der Waals surface area contributed by atoms with Gasteiger partial charge in [-0.05, 0) is 30.7 Å². The van der Waals surface area contributed by atoms with Gasteiger partial charge in [-0.25, -0.2) is 0 Å². The van der Waals surface area contributed by atoms with Crippen molar-refractivity contribution in [2.75, 3.05) is 26.2 Å². The molecule has 0 aliphatic carbocycles. The van der Waals surface area contributed by atoms with Gasteiger partial charge in [0.2, 0.25) is 5.91 Å². The van der Waals surface area contributed by atoms with Gasteiger partial charge in [0.25, 0.3) is 0 Å². The van der Waals surface area contributed by atoms with Crippen LogP contribution in [-0.4, -0.2) is 37.0 Å². The predicted molar refractivity (Wildman–Crippen MR) is 81.5 cm³/mol. The number of benzene rings is 1. The Morgan fingerprint density at radius 3 is 2.79 bits per heavy atom. The predicted octanol–water partition coefficient (Wildman–Crippen LogP) is 2.78. The van der Waals surface area contributed by atoms with Crippen LogP contribution in [0.4, 0.5) is 0 Å². The van der Waals surface area contributed by atoms with Crippen LogP contribution in [0.5, 0.6) is 0 Å². The van der Waals surface area contributed by atoms with Gasteiger partial charge in [-0.1, -0.05) is 29.3 Å². The van der Waals surface area contributed by atoms with Crippen LogP contribution in [0.2, 0.25) is 10.0 Å². The maximum Gasteiger partial charge on any atom is 0.227 e. The summed E-state index contributed by atoms with van der Waals surface area (Å²) in [4.78, 5) is 14.1. The molecule has 0 radical (unpaired) electrons. The van der Waals surface area contributed by atoms with Crippen molar-refractivity contribution in [3.63, 3.8) is 0 Å². The van der Waals surface area contributed by atoms with E-state index in [-0.39, 0.29) is 18.3 Å². The van der Waals surface area contributed by atoms with E-state index in [4.69, 9.17) is 23.2 Å². The van der Waals surface area contributed by atoms with Gasteiger partial charge in [0.1, 0.15) is 0 Å². The molecular formula is C13H17Cl3N2O. The molecule has 2 rings (SSSR count). The maximum atomic E-state index is 12.2. The van der Waals surface area contributed by atoms with Crippen LogP contribution >= 0.6 is 35.6 Å². The van der Waals surface area contributed by atoms with E-state index in [1.54, 1.807) is 12.1 Å². The Hall–Kier alpha value is -0.480. The van der Waals surface area contributed by atoms with Gasteiger partial charge >= 0.3 is 0 Å². The highest BCUT2D eigenvalue weighted by molar-refractivity contribution is 6.35. The van der Waals surface area contributed by atoms with Crippen molar-refractivity contribution in [2.45, 2.75) is 12.8 Å². The topological polar surface area (TPSA) is 32.3 Å². The van der Waals surface area contributed by atoms with Gasteiger partial charge in [0.05, 0.1) is 6.42 Å². The third-order valence-electron chi connectivity index (χ3n) is 3.05. The Balaban J connectivity index is 0.00000180. The monoisotopic (exact) mass is 322 g/mol. The molecule has 1 aliphatic heterocycles. The van der Waals surface area contributed by atoms with E-state index in [2.05, 4.69) is 5.32 Å². The van der Waals surface area contributed by atoms with E-state index in [0.717, 1.165) is 38.2 Å². The lowest BCUT2D eigenvalue weighted by Gasteiger charge is -2.20. The minimum Gasteiger partial charge on any atom is -0.341 e. The second-order valence-corrected chi connectivity index (χ2v) is 5.24. The van der Waals surface area contributed by atoms with Crippen LogP contribution in [0.25, 0.3) is 0 Å². The molecule has 1 aromatic rings. The fraction of sp³-hybridized carbons (Fsp3) is 0.462. The van der Waals surface area contributed by atoms with Gasteiger partial charge < -0.3 is 10.2 Å². The fourth-order valence-corrected chi connectivity index (χ4v) is 2.51. The smallest absolute Gasteiger partial charge is 0.227 e. The number of halogens is 3. The van der Waals surface area contributed by atoms with Crippen molar-refractivity contribution in [3.05, 3.63) is 33.8 Å². The molecule has 0 atom stereocenters. The average molecular weight is 324 g/mol. The van der Waals surface area contributed by atoms with Crippen molar-refractivity contribution >= 4 is 41.5 Å². The number of hydrogen-bond donors (Lipinski definition) is 1. The first-order valence-electron chi connectivity index (χ1n) is 6.09. The minimum absolute atomic E-state index is 0. The van der Waals surface area contributed by atoms with Crippen LogP contribution in [0.15, 0.2) is 18.2 Å². The van der Waals surface area contributed by atoms with Gasteiger partial charge in [0.15, 0.2) is 0 Å². The molecule has 0 unspecified atom stereocenters. The van der Waals surface area contributed by atoms with E-state index < -0.39 is 0 Å². The molecule has 3 nitrogen and oxygen atoms in total. The van der Waals surface area contributed by atoms with E-state index in [0.29, 0.717) is 16.5 Å². The van der Waals surface area contributed by atoms with Crippen LogP contribution in [0, 0.1) is 0 Å². The summed E-state index contributed by atoms with van der Waals surface area (Å²) >= 11 is 11.9. The first kappa shape index (κ1) is 16.6. The molecule has 1 N–H and O–H groups in total. The Bertz CT molecular complexity index is 432. The molecule has 6 heteroatoms. The average Bonchev–Trinajstić information content (AvgIpc) is 2.61.